The summed E-state index contributed by atoms with van der Waals surface area (Å²) in [5.41, 5.74) is 1.92. The Morgan fingerprint density at radius 1 is 0.841 bits per heavy atom. The number of ether oxygens (including phenoxy) is 1. The first-order valence-electron chi connectivity index (χ1n) is 15.3. The van der Waals surface area contributed by atoms with Gasteiger partial charge < -0.3 is 4.74 Å². The van der Waals surface area contributed by atoms with Crippen LogP contribution in [0.15, 0.2) is 111 Å². The number of sulfonamides is 1. The van der Waals surface area contributed by atoms with Crippen molar-refractivity contribution < 1.29 is 13.2 Å². The summed E-state index contributed by atoms with van der Waals surface area (Å²) in [5.74, 6) is 0.528. The highest BCUT2D eigenvalue weighted by molar-refractivity contribution is 7.89. The summed E-state index contributed by atoms with van der Waals surface area (Å²) < 4.78 is 41.5. The molecular formula is C34H38N4O5S. The van der Waals surface area contributed by atoms with E-state index in [1.165, 1.54) is 13.9 Å². The molecule has 230 valence electrons. The predicted molar refractivity (Wildman–Crippen MR) is 169 cm³/mol. The van der Waals surface area contributed by atoms with Crippen LogP contribution in [0.2, 0.25) is 0 Å². The van der Waals surface area contributed by atoms with Gasteiger partial charge in [0.15, 0.2) is 0 Å². The van der Waals surface area contributed by atoms with Gasteiger partial charge in [0.1, 0.15) is 12.3 Å². The predicted octanol–water partition coefficient (Wildman–Crippen LogP) is 5.35. The number of fused-ring (bicyclic) bond motifs is 3. The van der Waals surface area contributed by atoms with Crippen molar-refractivity contribution in [1.29, 1.82) is 0 Å². The number of allylic oxidation sites excluding steroid dienone is 1. The van der Waals surface area contributed by atoms with Crippen molar-refractivity contribution in [3.05, 3.63) is 128 Å². The molecule has 1 aromatic heterocycles. The molecule has 0 N–H and O–H groups in total. The lowest BCUT2D eigenvalue weighted by Crippen LogP contribution is -2.43. The van der Waals surface area contributed by atoms with Crippen LogP contribution in [0.1, 0.15) is 62.7 Å². The molecule has 3 heterocycles. The number of aromatic nitrogens is 3. The van der Waals surface area contributed by atoms with Crippen molar-refractivity contribution in [3.63, 3.8) is 0 Å². The van der Waals surface area contributed by atoms with Crippen LogP contribution in [-0.2, 0) is 21.3 Å². The molecule has 4 aromatic rings. The lowest BCUT2D eigenvalue weighted by atomic mass is 9.92. The van der Waals surface area contributed by atoms with Gasteiger partial charge in [-0.05, 0) is 50.1 Å². The van der Waals surface area contributed by atoms with Gasteiger partial charge in [0.05, 0.1) is 35.3 Å². The molecule has 10 heteroatoms. The minimum Gasteiger partial charge on any atom is -0.496 e. The summed E-state index contributed by atoms with van der Waals surface area (Å²) in [7, 11) is -4.07. The summed E-state index contributed by atoms with van der Waals surface area (Å²) >= 11 is 0. The molecule has 0 aliphatic carbocycles. The first-order valence-corrected chi connectivity index (χ1v) is 16.7. The Morgan fingerprint density at radius 2 is 1.50 bits per heavy atom. The maximum atomic E-state index is 14.8. The zero-order chi connectivity index (χ0) is 31.0. The number of aryl methyl sites for hydroxylation is 1. The third-order valence-corrected chi connectivity index (χ3v) is 10.6. The Balaban J connectivity index is 1.65. The van der Waals surface area contributed by atoms with E-state index in [0.29, 0.717) is 30.0 Å². The Hall–Kier alpha value is -4.15. The van der Waals surface area contributed by atoms with Crippen LogP contribution in [-0.4, -0.2) is 39.3 Å². The average molecular weight is 615 g/mol. The van der Waals surface area contributed by atoms with Crippen molar-refractivity contribution in [2.75, 3.05) is 6.61 Å². The van der Waals surface area contributed by atoms with Gasteiger partial charge in [0, 0.05) is 5.57 Å². The minimum atomic E-state index is -4.07. The molecule has 9 nitrogen and oxygen atoms in total. The van der Waals surface area contributed by atoms with Gasteiger partial charge in [-0.3, -0.25) is 0 Å². The Bertz CT molecular complexity index is 1890. The number of benzene rings is 3. The number of hydrogen-bond acceptors (Lipinski definition) is 5. The van der Waals surface area contributed by atoms with Crippen molar-refractivity contribution in [2.24, 2.45) is 0 Å². The second kappa shape index (κ2) is 12.1. The Labute approximate surface area is 257 Å². The molecule has 2 aliphatic rings. The first-order chi connectivity index (χ1) is 21.3. The molecule has 3 unspecified atom stereocenters. The second-order valence-electron chi connectivity index (χ2n) is 11.4. The van der Waals surface area contributed by atoms with Crippen LogP contribution in [0.25, 0.3) is 5.69 Å². The Morgan fingerprint density at radius 3 is 2.14 bits per heavy atom. The van der Waals surface area contributed by atoms with Crippen LogP contribution in [0.4, 0.5) is 0 Å². The Kier molecular flexibility index (Phi) is 8.22. The third-order valence-electron chi connectivity index (χ3n) is 8.65. The summed E-state index contributed by atoms with van der Waals surface area (Å²) in [6, 6.07) is 23.1. The van der Waals surface area contributed by atoms with Gasteiger partial charge in [-0.25, -0.2) is 31.9 Å². The normalized spacial score (nSPS) is 20.0. The maximum absolute atomic E-state index is 14.8. The van der Waals surface area contributed by atoms with Crippen LogP contribution in [0.3, 0.4) is 0 Å². The quantitative estimate of drug-likeness (QED) is 0.225. The molecular weight excluding hydrogens is 576 g/mol. The molecule has 6 rings (SSSR count). The zero-order valence-corrected chi connectivity index (χ0v) is 26.1. The van der Waals surface area contributed by atoms with Crippen molar-refractivity contribution >= 4 is 10.0 Å². The van der Waals surface area contributed by atoms with Crippen LogP contribution >= 0.6 is 0 Å². The molecule has 0 bridgehead atoms. The fraction of sp³-hybridized carbons (Fsp3) is 0.353. The van der Waals surface area contributed by atoms with Gasteiger partial charge in [-0.1, -0.05) is 92.4 Å². The van der Waals surface area contributed by atoms with E-state index in [0.717, 1.165) is 30.4 Å². The van der Waals surface area contributed by atoms with Gasteiger partial charge in [0.2, 0.25) is 10.0 Å². The van der Waals surface area contributed by atoms with E-state index in [-0.39, 0.29) is 11.4 Å². The number of para-hydroxylation sites is 1. The lowest BCUT2D eigenvalue weighted by Gasteiger charge is -2.31. The van der Waals surface area contributed by atoms with E-state index in [9.17, 15) is 18.0 Å². The largest absolute Gasteiger partial charge is 0.496 e. The molecule has 2 aliphatic heterocycles. The van der Waals surface area contributed by atoms with Crippen LogP contribution in [0, 0.1) is 6.92 Å². The molecule has 0 radical (unpaired) electrons. The highest BCUT2D eigenvalue weighted by Gasteiger charge is 2.56. The van der Waals surface area contributed by atoms with Crippen molar-refractivity contribution in [2.45, 2.75) is 76.0 Å². The van der Waals surface area contributed by atoms with Crippen molar-refractivity contribution in [3.8, 4) is 5.69 Å². The van der Waals surface area contributed by atoms with Crippen LogP contribution < -0.4 is 11.4 Å². The van der Waals surface area contributed by atoms with Gasteiger partial charge >= 0.3 is 11.4 Å². The molecule has 0 amide bonds. The smallest absolute Gasteiger partial charge is 0.352 e. The van der Waals surface area contributed by atoms with E-state index >= 15 is 0 Å². The average Bonchev–Trinajstić information content (AvgIpc) is 3.50. The molecule has 1 fully saturated rings. The fourth-order valence-electron chi connectivity index (χ4n) is 6.68. The van der Waals surface area contributed by atoms with Crippen molar-refractivity contribution in [1.82, 2.24) is 18.2 Å². The fourth-order valence-corrected chi connectivity index (χ4v) is 8.50. The molecule has 44 heavy (non-hydrogen) atoms. The second-order valence-corrected chi connectivity index (χ2v) is 13.3. The summed E-state index contributed by atoms with van der Waals surface area (Å²) in [6.07, 6.45) is 3.12. The summed E-state index contributed by atoms with van der Waals surface area (Å²) in [6.45, 7) is 6.24. The molecule has 0 spiro atoms. The van der Waals surface area contributed by atoms with Crippen LogP contribution in [0.5, 0.6) is 0 Å². The summed E-state index contributed by atoms with van der Waals surface area (Å²) in [5, 5.41) is 0. The number of hydrogen-bond donors (Lipinski definition) is 0. The molecule has 3 atom stereocenters. The zero-order valence-electron chi connectivity index (χ0n) is 25.3. The van der Waals surface area contributed by atoms with Gasteiger partial charge in [0.25, 0.3) is 0 Å². The number of unbranched alkanes of at least 4 members (excludes halogenated alkanes) is 2. The van der Waals surface area contributed by atoms with E-state index in [4.69, 9.17) is 4.74 Å². The molecule has 1 saturated heterocycles. The first kappa shape index (κ1) is 29.9. The lowest BCUT2D eigenvalue weighted by molar-refractivity contribution is 0.177. The van der Waals surface area contributed by atoms with E-state index in [1.54, 1.807) is 52.8 Å². The highest BCUT2D eigenvalue weighted by atomic mass is 32.2. The topological polar surface area (TPSA) is 95.5 Å². The number of rotatable bonds is 10. The van der Waals surface area contributed by atoms with Gasteiger partial charge in [-0.2, -0.15) is 4.31 Å². The highest BCUT2D eigenvalue weighted by Crippen LogP contribution is 2.53. The monoisotopic (exact) mass is 614 g/mol. The summed E-state index contributed by atoms with van der Waals surface area (Å²) in [4.78, 5) is 28.4. The maximum Gasteiger partial charge on any atom is 0.352 e. The molecule has 3 aromatic carbocycles. The van der Waals surface area contributed by atoms with E-state index in [2.05, 4.69) is 6.92 Å². The minimum absolute atomic E-state index is 0.0248. The number of nitrogens with zero attached hydrogens (tertiary/aromatic N) is 4. The molecule has 0 saturated carbocycles. The SMILES string of the molecule is CCCCCC1C2C(=C(OCC)Cn3c(=O)n(-c4ccccc4)c(=O)n32)C(c2ccccc2)N1S(=O)(=O)c1ccc(C)cc1. The third kappa shape index (κ3) is 4.95. The van der Waals surface area contributed by atoms with E-state index < -0.39 is 39.5 Å². The van der Waals surface area contributed by atoms with Gasteiger partial charge in [-0.15, -0.1) is 0 Å². The standard InChI is InChI=1S/C34H38N4O5S/c1-4-6-9-18-28-32-30(29(43-5-2)23-35-33(39)36(34(40)37(32)35)26-16-12-8-13-17-26)31(25-14-10-7-11-15-25)38(28)44(41,42)27-21-19-24(3)20-22-27/h7-8,10-17,19-22,28,31-32H,4-6,9,18,23H2,1-3H3. The van der Waals surface area contributed by atoms with E-state index in [1.807, 2.05) is 50.2 Å².